The molecular weight excluding hydrogens is 284 g/mol. The van der Waals surface area contributed by atoms with Crippen LogP contribution in [0.25, 0.3) is 0 Å². The van der Waals surface area contributed by atoms with Gasteiger partial charge in [0.25, 0.3) is 0 Å². The van der Waals surface area contributed by atoms with Crippen LogP contribution in [0.4, 0.5) is 0 Å². The summed E-state index contributed by atoms with van der Waals surface area (Å²) >= 11 is 0. The van der Waals surface area contributed by atoms with Crippen molar-refractivity contribution in [1.82, 2.24) is 0 Å². The average Bonchev–Trinajstić information content (AvgIpc) is 2.46. The molecule has 0 bridgehead atoms. The molecule has 0 aromatic heterocycles. The van der Waals surface area contributed by atoms with Crippen molar-refractivity contribution in [1.29, 1.82) is 0 Å². The van der Waals surface area contributed by atoms with E-state index in [0.717, 1.165) is 24.2 Å². The second-order valence-corrected chi connectivity index (χ2v) is 7.51. The predicted molar refractivity (Wildman–Crippen MR) is 95.2 cm³/mol. The molecule has 1 aliphatic carbocycles. The molecule has 1 aromatic carbocycles. The van der Waals surface area contributed by atoms with Gasteiger partial charge in [-0.2, -0.15) is 0 Å². The number of phenols is 1. The van der Waals surface area contributed by atoms with Crippen LogP contribution in [0.5, 0.6) is 11.5 Å². The molecule has 0 radical (unpaired) electrons. The molecule has 0 fully saturated rings. The van der Waals surface area contributed by atoms with E-state index in [2.05, 4.69) is 52.0 Å². The molecule has 0 saturated carbocycles. The van der Waals surface area contributed by atoms with E-state index in [0.29, 0.717) is 5.75 Å². The summed E-state index contributed by atoms with van der Waals surface area (Å²) in [5, 5.41) is 10.7. The highest BCUT2D eigenvalue weighted by molar-refractivity contribution is 5.55. The molecule has 2 aliphatic rings. The molecule has 0 amide bonds. The first-order valence-corrected chi connectivity index (χ1v) is 8.84. The number of allylic oxidation sites excluding steroid dienone is 3. The lowest BCUT2D eigenvalue weighted by atomic mass is 9.71. The third-order valence-electron chi connectivity index (χ3n) is 5.15. The van der Waals surface area contributed by atoms with Crippen molar-refractivity contribution < 1.29 is 9.84 Å². The minimum atomic E-state index is -0.264. The molecular formula is C21H28O2. The number of hydrogen-bond donors (Lipinski definition) is 1. The molecule has 124 valence electrons. The minimum Gasteiger partial charge on any atom is -0.507 e. The summed E-state index contributed by atoms with van der Waals surface area (Å²) in [6.07, 6.45) is 11.3. The van der Waals surface area contributed by atoms with Crippen LogP contribution in [0, 0.1) is 5.92 Å². The number of phenolic OH excluding ortho intramolecular Hbond substituents is 1. The number of fused-ring (bicyclic) bond motifs is 3. The molecule has 1 heterocycles. The largest absolute Gasteiger partial charge is 0.507 e. The molecule has 1 N–H and O–H groups in total. The highest BCUT2D eigenvalue weighted by Gasteiger charge is 2.43. The first-order chi connectivity index (χ1) is 10.9. The maximum absolute atomic E-state index is 10.7. The lowest BCUT2D eigenvalue weighted by Crippen LogP contribution is -2.43. The minimum absolute atomic E-state index is 0.198. The van der Waals surface area contributed by atoms with Gasteiger partial charge in [-0.15, -0.1) is 0 Å². The lowest BCUT2D eigenvalue weighted by molar-refractivity contribution is 0.0386. The Hall–Kier alpha value is -1.70. The van der Waals surface area contributed by atoms with Gasteiger partial charge in [-0.1, -0.05) is 43.6 Å². The Balaban J connectivity index is 2.00. The van der Waals surface area contributed by atoms with Gasteiger partial charge in [-0.05, 0) is 51.3 Å². The van der Waals surface area contributed by atoms with Crippen molar-refractivity contribution >= 4 is 0 Å². The average molecular weight is 312 g/mol. The monoisotopic (exact) mass is 312 g/mol. The first-order valence-electron chi connectivity index (χ1n) is 8.84. The van der Waals surface area contributed by atoms with Crippen molar-refractivity contribution in [3.8, 4) is 11.5 Å². The summed E-state index contributed by atoms with van der Waals surface area (Å²) in [4.78, 5) is 0. The number of hydrogen-bond acceptors (Lipinski definition) is 2. The van der Waals surface area contributed by atoms with Gasteiger partial charge in [-0.3, -0.25) is 0 Å². The Kier molecular flexibility index (Phi) is 4.27. The second-order valence-electron chi connectivity index (χ2n) is 7.51. The highest BCUT2D eigenvalue weighted by Crippen LogP contribution is 2.51. The van der Waals surface area contributed by atoms with Gasteiger partial charge in [0, 0.05) is 17.4 Å². The van der Waals surface area contributed by atoms with E-state index in [1.54, 1.807) is 0 Å². The highest BCUT2D eigenvalue weighted by atomic mass is 16.5. The third kappa shape index (κ3) is 3.04. The fourth-order valence-corrected chi connectivity index (χ4v) is 3.91. The molecule has 0 saturated heterocycles. The number of rotatable bonds is 4. The van der Waals surface area contributed by atoms with Crippen LogP contribution in [0.3, 0.4) is 0 Å². The van der Waals surface area contributed by atoms with Crippen LogP contribution in [0.2, 0.25) is 0 Å². The number of aromatic hydroxyl groups is 1. The van der Waals surface area contributed by atoms with Crippen molar-refractivity contribution in [3.05, 3.63) is 47.1 Å². The van der Waals surface area contributed by atoms with Gasteiger partial charge in [0.2, 0.25) is 0 Å². The van der Waals surface area contributed by atoms with E-state index in [1.807, 2.05) is 6.07 Å². The van der Waals surface area contributed by atoms with E-state index in [9.17, 15) is 5.11 Å². The maximum atomic E-state index is 10.7. The molecule has 2 heteroatoms. The van der Waals surface area contributed by atoms with E-state index in [1.165, 1.54) is 24.0 Å². The zero-order valence-corrected chi connectivity index (χ0v) is 14.7. The van der Waals surface area contributed by atoms with E-state index >= 15 is 0 Å². The van der Waals surface area contributed by atoms with Crippen LogP contribution in [-0.4, -0.2) is 10.7 Å². The van der Waals surface area contributed by atoms with Gasteiger partial charge in [-0.25, -0.2) is 0 Å². The smallest absolute Gasteiger partial charge is 0.127 e. The Bertz CT molecular complexity index is 652. The Labute approximate surface area is 139 Å². The van der Waals surface area contributed by atoms with Crippen molar-refractivity contribution in [3.63, 3.8) is 0 Å². The number of unbranched alkanes of at least 4 members (excludes halogenated alkanes) is 2. The van der Waals surface area contributed by atoms with Gasteiger partial charge < -0.3 is 9.84 Å². The molecule has 3 rings (SSSR count). The van der Waals surface area contributed by atoms with Gasteiger partial charge in [0.15, 0.2) is 0 Å². The molecule has 2 unspecified atom stereocenters. The fraction of sp³-hybridized carbons (Fsp3) is 0.524. The van der Waals surface area contributed by atoms with Crippen LogP contribution in [0.15, 0.2) is 35.9 Å². The van der Waals surface area contributed by atoms with Crippen LogP contribution in [0.1, 0.15) is 64.0 Å². The zero-order valence-electron chi connectivity index (χ0n) is 14.7. The summed E-state index contributed by atoms with van der Waals surface area (Å²) in [5.41, 5.74) is 3.12. The van der Waals surface area contributed by atoms with Gasteiger partial charge in [0.05, 0.1) is 0 Å². The maximum Gasteiger partial charge on any atom is 0.127 e. The normalized spacial score (nSPS) is 24.4. The molecule has 23 heavy (non-hydrogen) atoms. The SMILES string of the molecule is CCCCCc1cc(O)c2c(c1)OC(C)(C)C1C=CC(C)=CC21. The summed E-state index contributed by atoms with van der Waals surface area (Å²) in [7, 11) is 0. The summed E-state index contributed by atoms with van der Waals surface area (Å²) in [6, 6.07) is 4.08. The number of ether oxygens (including phenoxy) is 1. The molecule has 0 spiro atoms. The number of aryl methyl sites for hydroxylation is 1. The van der Waals surface area contributed by atoms with E-state index in [4.69, 9.17) is 4.74 Å². The Morgan fingerprint density at radius 2 is 2.00 bits per heavy atom. The third-order valence-corrected chi connectivity index (χ3v) is 5.15. The lowest BCUT2D eigenvalue weighted by Gasteiger charge is -2.44. The van der Waals surface area contributed by atoms with Crippen LogP contribution < -0.4 is 4.74 Å². The van der Waals surface area contributed by atoms with Crippen LogP contribution >= 0.6 is 0 Å². The summed E-state index contributed by atoms with van der Waals surface area (Å²) in [6.45, 7) is 8.62. The quantitative estimate of drug-likeness (QED) is 0.743. The van der Waals surface area contributed by atoms with Crippen molar-refractivity contribution in [2.45, 2.75) is 64.9 Å². The standard InChI is InChI=1S/C21H28O2/c1-5-6-7-8-15-12-18(22)20-16-11-14(2)9-10-17(16)21(3,4)23-19(20)13-15/h9-13,16-17,22H,5-8H2,1-4H3. The van der Waals surface area contributed by atoms with Gasteiger partial charge in [0.1, 0.15) is 17.1 Å². The Morgan fingerprint density at radius 1 is 1.22 bits per heavy atom. The molecule has 1 aromatic rings. The van der Waals surface area contributed by atoms with Crippen molar-refractivity contribution in [2.75, 3.05) is 0 Å². The first kappa shape index (κ1) is 16.2. The fourth-order valence-electron chi connectivity index (χ4n) is 3.91. The van der Waals surface area contributed by atoms with Gasteiger partial charge >= 0.3 is 0 Å². The second kappa shape index (κ2) is 6.07. The van der Waals surface area contributed by atoms with Crippen molar-refractivity contribution in [2.24, 2.45) is 5.92 Å². The molecule has 2 nitrogen and oxygen atoms in total. The Morgan fingerprint density at radius 3 is 2.74 bits per heavy atom. The summed E-state index contributed by atoms with van der Waals surface area (Å²) in [5.74, 6) is 1.71. The zero-order chi connectivity index (χ0) is 16.6. The van der Waals surface area contributed by atoms with Crippen LogP contribution in [-0.2, 0) is 6.42 Å². The van der Waals surface area contributed by atoms with E-state index < -0.39 is 0 Å². The molecule has 2 atom stereocenters. The number of benzene rings is 1. The molecule has 1 aliphatic heterocycles. The predicted octanol–water partition coefficient (Wildman–Crippen LogP) is 5.51. The van der Waals surface area contributed by atoms with E-state index in [-0.39, 0.29) is 17.4 Å². The summed E-state index contributed by atoms with van der Waals surface area (Å²) < 4.78 is 6.31. The topological polar surface area (TPSA) is 29.5 Å².